The first-order valence-corrected chi connectivity index (χ1v) is 8.17. The number of oxazole rings is 1. The van der Waals surface area contributed by atoms with E-state index >= 15 is 0 Å². The quantitative estimate of drug-likeness (QED) is 0.941. The third-order valence-corrected chi connectivity index (χ3v) is 4.25. The van der Waals surface area contributed by atoms with Gasteiger partial charge in [0.05, 0.1) is 5.69 Å². The Morgan fingerprint density at radius 2 is 2.17 bits per heavy atom. The van der Waals surface area contributed by atoms with Gasteiger partial charge in [-0.3, -0.25) is 4.79 Å². The Balaban J connectivity index is 1.64. The fourth-order valence-corrected chi connectivity index (χ4v) is 2.99. The molecule has 1 fully saturated rings. The lowest BCUT2D eigenvalue weighted by Gasteiger charge is -2.34. The summed E-state index contributed by atoms with van der Waals surface area (Å²) in [5.41, 5.74) is 1.89. The normalized spacial score (nSPS) is 18.2. The molecular formula is C18H23N3O2. The Morgan fingerprint density at radius 1 is 1.39 bits per heavy atom. The van der Waals surface area contributed by atoms with Gasteiger partial charge in [-0.05, 0) is 13.8 Å². The van der Waals surface area contributed by atoms with Crippen LogP contribution in [0.25, 0.3) is 11.3 Å². The van der Waals surface area contributed by atoms with Crippen molar-refractivity contribution in [1.82, 2.24) is 15.2 Å². The highest BCUT2D eigenvalue weighted by atomic mass is 16.4. The van der Waals surface area contributed by atoms with Gasteiger partial charge in [-0.25, -0.2) is 4.98 Å². The molecule has 0 unspecified atom stereocenters. The van der Waals surface area contributed by atoms with E-state index in [4.69, 9.17) is 4.42 Å². The van der Waals surface area contributed by atoms with Crippen molar-refractivity contribution in [2.24, 2.45) is 0 Å². The topological polar surface area (TPSA) is 58.4 Å². The molecule has 122 valence electrons. The van der Waals surface area contributed by atoms with Crippen molar-refractivity contribution >= 4 is 5.91 Å². The van der Waals surface area contributed by atoms with Crippen molar-refractivity contribution in [1.29, 1.82) is 0 Å². The van der Waals surface area contributed by atoms with Crippen molar-refractivity contribution in [2.45, 2.75) is 32.7 Å². The van der Waals surface area contributed by atoms with Crippen molar-refractivity contribution in [3.05, 3.63) is 41.9 Å². The molecule has 1 aromatic heterocycles. The summed E-state index contributed by atoms with van der Waals surface area (Å²) in [5, 5.41) is 3.30. The molecule has 5 nitrogen and oxygen atoms in total. The monoisotopic (exact) mass is 313 g/mol. The highest BCUT2D eigenvalue weighted by Gasteiger charge is 2.23. The van der Waals surface area contributed by atoms with E-state index in [0.29, 0.717) is 18.7 Å². The van der Waals surface area contributed by atoms with Gasteiger partial charge in [0.2, 0.25) is 5.91 Å². The SMILES string of the molecule is Cc1nc(CCC(=O)N2CCNC[C@@H]2C)oc1-c1ccccc1. The van der Waals surface area contributed by atoms with Crippen LogP contribution in [-0.4, -0.2) is 41.5 Å². The zero-order chi connectivity index (χ0) is 16.2. The van der Waals surface area contributed by atoms with E-state index < -0.39 is 0 Å². The standard InChI is InChI=1S/C18H23N3O2/c1-13-12-19-10-11-21(13)17(22)9-8-16-20-14(2)18(23-16)15-6-4-3-5-7-15/h3-7,13,19H,8-12H2,1-2H3/t13-/m0/s1. The maximum atomic E-state index is 12.4. The van der Waals surface area contributed by atoms with Gasteiger partial charge < -0.3 is 14.6 Å². The Labute approximate surface area is 136 Å². The second kappa shape index (κ2) is 6.96. The number of nitrogens with one attached hydrogen (secondary N) is 1. The first kappa shape index (κ1) is 15.7. The average Bonchev–Trinajstić information content (AvgIpc) is 2.95. The highest BCUT2D eigenvalue weighted by molar-refractivity contribution is 5.76. The molecule has 2 heterocycles. The minimum absolute atomic E-state index is 0.177. The van der Waals surface area contributed by atoms with Gasteiger partial charge in [0, 0.05) is 44.1 Å². The van der Waals surface area contributed by atoms with Crippen LogP contribution in [0.3, 0.4) is 0 Å². The van der Waals surface area contributed by atoms with E-state index in [1.54, 1.807) is 0 Å². The zero-order valence-electron chi connectivity index (χ0n) is 13.7. The van der Waals surface area contributed by atoms with E-state index in [0.717, 1.165) is 36.7 Å². The van der Waals surface area contributed by atoms with E-state index in [9.17, 15) is 4.79 Å². The predicted octanol–water partition coefficient (Wildman–Crippen LogP) is 2.40. The molecule has 1 N–H and O–H groups in total. The summed E-state index contributed by atoms with van der Waals surface area (Å²) in [6, 6.07) is 10.2. The van der Waals surface area contributed by atoms with Crippen LogP contribution in [-0.2, 0) is 11.2 Å². The Morgan fingerprint density at radius 3 is 2.91 bits per heavy atom. The fourth-order valence-electron chi connectivity index (χ4n) is 2.99. The number of piperazine rings is 1. The summed E-state index contributed by atoms with van der Waals surface area (Å²) in [6.07, 6.45) is 0.988. The van der Waals surface area contributed by atoms with Gasteiger partial charge in [-0.1, -0.05) is 30.3 Å². The number of amides is 1. The number of hydrogen-bond acceptors (Lipinski definition) is 4. The predicted molar refractivity (Wildman–Crippen MR) is 89.0 cm³/mol. The van der Waals surface area contributed by atoms with Crippen molar-refractivity contribution in [3.63, 3.8) is 0 Å². The molecule has 3 rings (SSSR count). The summed E-state index contributed by atoms with van der Waals surface area (Å²) in [6.45, 7) is 6.52. The first-order chi connectivity index (χ1) is 11.1. The molecule has 1 amide bonds. The number of benzene rings is 1. The van der Waals surface area contributed by atoms with Crippen LogP contribution in [0.1, 0.15) is 24.9 Å². The zero-order valence-corrected chi connectivity index (χ0v) is 13.7. The van der Waals surface area contributed by atoms with E-state index in [1.165, 1.54) is 0 Å². The molecular weight excluding hydrogens is 290 g/mol. The Bertz CT molecular complexity index is 666. The maximum absolute atomic E-state index is 12.4. The third kappa shape index (κ3) is 3.62. The highest BCUT2D eigenvalue weighted by Crippen LogP contribution is 2.24. The summed E-state index contributed by atoms with van der Waals surface area (Å²) >= 11 is 0. The Hall–Kier alpha value is -2.14. The summed E-state index contributed by atoms with van der Waals surface area (Å²) in [5.74, 6) is 1.61. The molecule has 0 bridgehead atoms. The molecule has 5 heteroatoms. The largest absolute Gasteiger partial charge is 0.440 e. The first-order valence-electron chi connectivity index (χ1n) is 8.17. The molecule has 0 radical (unpaired) electrons. The van der Waals surface area contributed by atoms with Crippen LogP contribution >= 0.6 is 0 Å². The lowest BCUT2D eigenvalue weighted by atomic mass is 10.1. The molecule has 0 spiro atoms. The second-order valence-corrected chi connectivity index (χ2v) is 6.03. The van der Waals surface area contributed by atoms with Crippen LogP contribution in [0.15, 0.2) is 34.7 Å². The molecule has 1 aliphatic heterocycles. The summed E-state index contributed by atoms with van der Waals surface area (Å²) in [7, 11) is 0. The number of rotatable bonds is 4. The van der Waals surface area contributed by atoms with Crippen molar-refractivity contribution < 1.29 is 9.21 Å². The van der Waals surface area contributed by atoms with Crippen molar-refractivity contribution in [2.75, 3.05) is 19.6 Å². The lowest BCUT2D eigenvalue weighted by Crippen LogP contribution is -2.52. The summed E-state index contributed by atoms with van der Waals surface area (Å²) < 4.78 is 5.87. The smallest absolute Gasteiger partial charge is 0.223 e. The van der Waals surface area contributed by atoms with E-state index in [2.05, 4.69) is 17.2 Å². The van der Waals surface area contributed by atoms with Gasteiger partial charge >= 0.3 is 0 Å². The molecule has 1 aliphatic rings. The van der Waals surface area contributed by atoms with Crippen LogP contribution < -0.4 is 5.32 Å². The Kier molecular flexibility index (Phi) is 4.76. The third-order valence-electron chi connectivity index (χ3n) is 4.25. The van der Waals surface area contributed by atoms with Gasteiger partial charge in [-0.15, -0.1) is 0 Å². The van der Waals surface area contributed by atoms with Crippen LogP contribution in [0.5, 0.6) is 0 Å². The number of carbonyl (C=O) groups excluding carboxylic acids is 1. The second-order valence-electron chi connectivity index (χ2n) is 6.03. The molecule has 1 saturated heterocycles. The number of aromatic nitrogens is 1. The number of aryl methyl sites for hydroxylation is 2. The molecule has 0 aliphatic carbocycles. The number of carbonyl (C=O) groups is 1. The maximum Gasteiger partial charge on any atom is 0.223 e. The molecule has 2 aromatic rings. The minimum Gasteiger partial charge on any atom is -0.440 e. The number of hydrogen-bond donors (Lipinski definition) is 1. The van der Waals surface area contributed by atoms with Crippen LogP contribution in [0, 0.1) is 6.92 Å². The molecule has 23 heavy (non-hydrogen) atoms. The van der Waals surface area contributed by atoms with Gasteiger partial charge in [0.15, 0.2) is 11.7 Å². The fraction of sp³-hybridized carbons (Fsp3) is 0.444. The molecule has 1 aromatic carbocycles. The lowest BCUT2D eigenvalue weighted by molar-refractivity contribution is -0.134. The number of nitrogens with zero attached hydrogens (tertiary/aromatic N) is 2. The minimum atomic E-state index is 0.177. The van der Waals surface area contributed by atoms with Crippen LogP contribution in [0.2, 0.25) is 0 Å². The summed E-state index contributed by atoms with van der Waals surface area (Å²) in [4.78, 5) is 18.8. The molecule has 0 saturated carbocycles. The van der Waals surface area contributed by atoms with E-state index in [-0.39, 0.29) is 11.9 Å². The van der Waals surface area contributed by atoms with Crippen molar-refractivity contribution in [3.8, 4) is 11.3 Å². The van der Waals surface area contributed by atoms with Gasteiger partial charge in [-0.2, -0.15) is 0 Å². The van der Waals surface area contributed by atoms with Gasteiger partial charge in [0.25, 0.3) is 0 Å². The van der Waals surface area contributed by atoms with E-state index in [1.807, 2.05) is 42.2 Å². The molecule has 1 atom stereocenters. The average molecular weight is 313 g/mol. The van der Waals surface area contributed by atoms with Gasteiger partial charge in [0.1, 0.15) is 0 Å². The van der Waals surface area contributed by atoms with Crippen LogP contribution in [0.4, 0.5) is 0 Å².